The van der Waals surface area contributed by atoms with E-state index in [-0.39, 0.29) is 12.5 Å². The van der Waals surface area contributed by atoms with Crippen LogP contribution in [0.1, 0.15) is 12.5 Å². The Morgan fingerprint density at radius 3 is 2.68 bits per heavy atom. The van der Waals surface area contributed by atoms with Gasteiger partial charge in [-0.15, -0.1) is 0 Å². The van der Waals surface area contributed by atoms with Crippen LogP contribution in [0.5, 0.6) is 0 Å². The highest BCUT2D eigenvalue weighted by Crippen LogP contribution is 2.07. The van der Waals surface area contributed by atoms with E-state index in [1.165, 1.54) is 4.90 Å². The van der Waals surface area contributed by atoms with E-state index in [2.05, 4.69) is 20.7 Å². The minimum absolute atomic E-state index is 0.0265. The van der Waals surface area contributed by atoms with Crippen LogP contribution in [-0.2, 0) is 11.2 Å². The molecule has 1 aromatic heterocycles. The van der Waals surface area contributed by atoms with Gasteiger partial charge in [0.2, 0.25) is 5.91 Å². The third-order valence-corrected chi connectivity index (χ3v) is 3.58. The van der Waals surface area contributed by atoms with E-state index in [0.29, 0.717) is 12.5 Å². The van der Waals surface area contributed by atoms with Gasteiger partial charge >= 0.3 is 0 Å². The summed E-state index contributed by atoms with van der Waals surface area (Å²) in [4.78, 5) is 17.5. The molecular formula is C18H26N6O. The van der Waals surface area contributed by atoms with Gasteiger partial charge in [-0.1, -0.05) is 18.2 Å². The predicted molar refractivity (Wildman–Crippen MR) is 99.9 cm³/mol. The van der Waals surface area contributed by atoms with Crippen molar-refractivity contribution in [1.82, 2.24) is 25.3 Å². The normalized spacial score (nSPS) is 11.2. The van der Waals surface area contributed by atoms with Crippen LogP contribution in [0.2, 0.25) is 0 Å². The predicted octanol–water partition coefficient (Wildman–Crippen LogP) is 1.06. The summed E-state index contributed by atoms with van der Waals surface area (Å²) in [6.07, 6.45) is 4.71. The van der Waals surface area contributed by atoms with Crippen molar-refractivity contribution in [3.8, 4) is 5.69 Å². The molecular weight excluding hydrogens is 316 g/mol. The zero-order valence-corrected chi connectivity index (χ0v) is 15.1. The number of nitrogens with zero attached hydrogens (tertiary/aromatic N) is 4. The summed E-state index contributed by atoms with van der Waals surface area (Å²) in [7, 11) is 3.45. The highest BCUT2D eigenvalue weighted by molar-refractivity contribution is 5.84. The van der Waals surface area contributed by atoms with Crippen molar-refractivity contribution in [2.45, 2.75) is 13.3 Å². The topological polar surface area (TPSA) is 74.6 Å². The third kappa shape index (κ3) is 5.95. The number of nitrogens with one attached hydrogen (secondary N) is 2. The summed E-state index contributed by atoms with van der Waals surface area (Å²) in [5.41, 5.74) is 2.18. The molecule has 25 heavy (non-hydrogen) atoms. The van der Waals surface area contributed by atoms with E-state index in [0.717, 1.165) is 24.2 Å². The third-order valence-electron chi connectivity index (χ3n) is 3.58. The molecule has 2 N–H and O–H groups in total. The molecule has 1 aromatic carbocycles. The number of rotatable bonds is 7. The number of likely N-dealkylation sites (N-methyl/N-ethyl adjacent to an activating group) is 1. The summed E-state index contributed by atoms with van der Waals surface area (Å²) in [6, 6.07) is 10.0. The highest BCUT2D eigenvalue weighted by atomic mass is 16.2. The lowest BCUT2D eigenvalue weighted by molar-refractivity contribution is -0.127. The van der Waals surface area contributed by atoms with Crippen molar-refractivity contribution < 1.29 is 4.79 Å². The van der Waals surface area contributed by atoms with Gasteiger partial charge in [0.05, 0.1) is 11.9 Å². The van der Waals surface area contributed by atoms with Crippen LogP contribution >= 0.6 is 0 Å². The number of benzene rings is 1. The first-order valence-electron chi connectivity index (χ1n) is 8.41. The number of para-hydroxylation sites is 1. The van der Waals surface area contributed by atoms with Crippen molar-refractivity contribution in [2.75, 3.05) is 33.7 Å². The minimum Gasteiger partial charge on any atom is -0.357 e. The fraction of sp³-hybridized carbons (Fsp3) is 0.389. The molecule has 0 fully saturated rings. The van der Waals surface area contributed by atoms with E-state index in [4.69, 9.17) is 0 Å². The maximum atomic E-state index is 11.6. The second-order valence-corrected chi connectivity index (χ2v) is 5.79. The van der Waals surface area contributed by atoms with Crippen molar-refractivity contribution >= 4 is 11.9 Å². The van der Waals surface area contributed by atoms with Gasteiger partial charge in [0, 0.05) is 33.4 Å². The van der Waals surface area contributed by atoms with Crippen molar-refractivity contribution in [3.63, 3.8) is 0 Å². The monoisotopic (exact) mass is 342 g/mol. The number of guanidine groups is 1. The quantitative estimate of drug-likeness (QED) is 0.583. The maximum absolute atomic E-state index is 11.6. The number of carbonyl (C=O) groups excluding carboxylic acids is 1. The Morgan fingerprint density at radius 1 is 1.24 bits per heavy atom. The van der Waals surface area contributed by atoms with Gasteiger partial charge in [-0.05, 0) is 31.0 Å². The molecule has 7 nitrogen and oxygen atoms in total. The van der Waals surface area contributed by atoms with Crippen LogP contribution in [0.15, 0.2) is 47.7 Å². The Balaban J connectivity index is 1.86. The van der Waals surface area contributed by atoms with Crippen molar-refractivity contribution in [1.29, 1.82) is 0 Å². The standard InChI is InChI=1S/C18H26N6O/c1-4-19-18(21-13-17(25)23(2)3)20-11-10-15-12-22-24(14-15)16-8-6-5-7-9-16/h5-9,12,14H,4,10-11,13H2,1-3H3,(H2,19,20,21). The summed E-state index contributed by atoms with van der Waals surface area (Å²) >= 11 is 0. The summed E-state index contributed by atoms with van der Waals surface area (Å²) in [5, 5.41) is 10.8. The first-order chi connectivity index (χ1) is 12.1. The van der Waals surface area contributed by atoms with E-state index in [1.54, 1.807) is 14.1 Å². The van der Waals surface area contributed by atoms with Crippen LogP contribution in [-0.4, -0.2) is 60.3 Å². The highest BCUT2D eigenvalue weighted by Gasteiger charge is 2.05. The molecule has 2 aromatic rings. The zero-order chi connectivity index (χ0) is 18.1. The largest absolute Gasteiger partial charge is 0.357 e. The number of hydrogen-bond acceptors (Lipinski definition) is 3. The van der Waals surface area contributed by atoms with Gasteiger partial charge in [0.15, 0.2) is 5.96 Å². The van der Waals surface area contributed by atoms with Gasteiger partial charge in [-0.25, -0.2) is 9.67 Å². The fourth-order valence-electron chi connectivity index (χ4n) is 2.17. The number of hydrogen-bond donors (Lipinski definition) is 2. The molecule has 0 unspecified atom stereocenters. The van der Waals surface area contributed by atoms with Crippen LogP contribution in [0.3, 0.4) is 0 Å². The van der Waals surface area contributed by atoms with E-state index in [1.807, 2.05) is 54.3 Å². The summed E-state index contributed by atoms with van der Waals surface area (Å²) < 4.78 is 1.87. The molecule has 0 radical (unpaired) electrons. The van der Waals surface area contributed by atoms with Crippen molar-refractivity contribution in [2.24, 2.45) is 4.99 Å². The molecule has 0 saturated heterocycles. The van der Waals surface area contributed by atoms with Crippen LogP contribution in [0, 0.1) is 0 Å². The molecule has 7 heteroatoms. The Labute approximate surface area is 148 Å². The molecule has 0 saturated carbocycles. The van der Waals surface area contributed by atoms with Gasteiger partial charge in [-0.3, -0.25) is 4.79 Å². The molecule has 0 aliphatic rings. The lowest BCUT2D eigenvalue weighted by Gasteiger charge is -2.12. The van der Waals surface area contributed by atoms with Gasteiger partial charge in [0.1, 0.15) is 6.54 Å². The molecule has 134 valence electrons. The second kappa shape index (κ2) is 9.46. The molecule has 0 bridgehead atoms. The number of aliphatic imine (C=N–C) groups is 1. The van der Waals surface area contributed by atoms with Gasteiger partial charge in [-0.2, -0.15) is 5.10 Å². The van der Waals surface area contributed by atoms with Crippen LogP contribution < -0.4 is 10.6 Å². The number of carbonyl (C=O) groups is 1. The first kappa shape index (κ1) is 18.5. The summed E-state index contributed by atoms with van der Waals surface area (Å²) in [5.74, 6) is 0.620. The van der Waals surface area contributed by atoms with E-state index >= 15 is 0 Å². The lowest BCUT2D eigenvalue weighted by Crippen LogP contribution is -2.39. The minimum atomic E-state index is -0.0265. The molecule has 2 rings (SSSR count). The first-order valence-corrected chi connectivity index (χ1v) is 8.41. The van der Waals surface area contributed by atoms with E-state index in [9.17, 15) is 4.79 Å². The Hall–Kier alpha value is -2.83. The Kier molecular flexibility index (Phi) is 7.00. The van der Waals surface area contributed by atoms with Crippen molar-refractivity contribution in [3.05, 3.63) is 48.3 Å². The Morgan fingerprint density at radius 2 is 2.00 bits per heavy atom. The molecule has 1 heterocycles. The molecule has 0 aliphatic carbocycles. The average Bonchev–Trinajstić information content (AvgIpc) is 3.09. The average molecular weight is 342 g/mol. The molecule has 1 amide bonds. The molecule has 0 atom stereocenters. The molecule has 0 aliphatic heterocycles. The lowest BCUT2D eigenvalue weighted by atomic mass is 10.2. The van der Waals surface area contributed by atoms with Gasteiger partial charge < -0.3 is 15.5 Å². The Bertz CT molecular complexity index is 693. The van der Waals surface area contributed by atoms with E-state index < -0.39 is 0 Å². The fourth-order valence-corrected chi connectivity index (χ4v) is 2.17. The van der Waals surface area contributed by atoms with Crippen LogP contribution in [0.4, 0.5) is 0 Å². The maximum Gasteiger partial charge on any atom is 0.243 e. The number of amides is 1. The second-order valence-electron chi connectivity index (χ2n) is 5.79. The number of aromatic nitrogens is 2. The SMILES string of the molecule is CCNC(=NCC(=O)N(C)C)NCCc1cnn(-c2ccccc2)c1. The smallest absolute Gasteiger partial charge is 0.243 e. The zero-order valence-electron chi connectivity index (χ0n) is 15.1. The summed E-state index contributed by atoms with van der Waals surface area (Å²) in [6.45, 7) is 3.58. The van der Waals surface area contributed by atoms with Gasteiger partial charge in [0.25, 0.3) is 0 Å². The van der Waals surface area contributed by atoms with Crippen LogP contribution in [0.25, 0.3) is 5.69 Å². The molecule has 0 spiro atoms.